The lowest BCUT2D eigenvalue weighted by molar-refractivity contribution is 0.122. The molecule has 0 radical (unpaired) electrons. The van der Waals surface area contributed by atoms with Gasteiger partial charge in [-0.25, -0.2) is 19.9 Å². The normalized spacial score (nSPS) is 22.2. The summed E-state index contributed by atoms with van der Waals surface area (Å²) in [5.41, 5.74) is 10.8. The lowest BCUT2D eigenvalue weighted by Crippen LogP contribution is -2.40. The van der Waals surface area contributed by atoms with Crippen LogP contribution in [0, 0.1) is 0 Å². The van der Waals surface area contributed by atoms with E-state index in [4.69, 9.17) is 20.4 Å². The van der Waals surface area contributed by atoms with Crippen molar-refractivity contribution in [3.05, 3.63) is 30.0 Å². The smallest absolute Gasteiger partial charge is 0.219 e. The molecule has 3 aliphatic heterocycles. The molecule has 10 nitrogen and oxygen atoms in total. The average molecular weight is 422 g/mol. The molecule has 0 aromatic carbocycles. The van der Waals surface area contributed by atoms with E-state index in [1.165, 1.54) is 17.8 Å². The van der Waals surface area contributed by atoms with Gasteiger partial charge >= 0.3 is 0 Å². The maximum atomic E-state index is 5.70. The molecule has 162 valence electrons. The van der Waals surface area contributed by atoms with E-state index in [0.29, 0.717) is 19.3 Å². The van der Waals surface area contributed by atoms with Crippen molar-refractivity contribution in [1.82, 2.24) is 34.6 Å². The van der Waals surface area contributed by atoms with Crippen LogP contribution in [0.15, 0.2) is 18.6 Å². The fraction of sp³-hybridized carbons (Fsp3) is 0.524. The molecular weight excluding hydrogens is 394 g/mol. The molecule has 6 rings (SSSR count). The molecule has 10 heteroatoms. The van der Waals surface area contributed by atoms with Gasteiger partial charge in [0.15, 0.2) is 11.5 Å². The van der Waals surface area contributed by atoms with Crippen LogP contribution >= 0.6 is 0 Å². The van der Waals surface area contributed by atoms with E-state index in [0.717, 1.165) is 68.4 Å². The summed E-state index contributed by atoms with van der Waals surface area (Å²) >= 11 is 0. The topological polar surface area (TPSA) is 110 Å². The number of morpholine rings is 1. The number of fused-ring (bicyclic) bond motifs is 3. The van der Waals surface area contributed by atoms with Crippen molar-refractivity contribution < 1.29 is 4.74 Å². The van der Waals surface area contributed by atoms with E-state index in [1.807, 2.05) is 0 Å². The summed E-state index contributed by atoms with van der Waals surface area (Å²) in [5, 5.41) is 3.50. The van der Waals surface area contributed by atoms with Crippen molar-refractivity contribution in [2.75, 3.05) is 56.6 Å². The Hall–Kier alpha value is -2.82. The Morgan fingerprint density at radius 2 is 1.94 bits per heavy atom. The Labute approximate surface area is 180 Å². The van der Waals surface area contributed by atoms with E-state index < -0.39 is 0 Å². The number of imidazole rings is 1. The number of nitrogen functional groups attached to an aromatic ring is 1. The number of nitrogens with two attached hydrogens (primary N) is 1. The minimum atomic E-state index is 0.263. The van der Waals surface area contributed by atoms with Crippen molar-refractivity contribution >= 4 is 17.4 Å². The SMILES string of the molecule is Nc1ncc(-c2cn3c4c(nc3c(N3CCOCC3)n2)CCN(C2CCNC2)C4)cn1. The summed E-state index contributed by atoms with van der Waals surface area (Å²) in [6.45, 7) is 7.16. The predicted octanol–water partition coefficient (Wildman–Crippen LogP) is 0.325. The number of nitrogens with one attached hydrogen (secondary N) is 1. The molecule has 0 spiro atoms. The number of hydrogen-bond donors (Lipinski definition) is 2. The first kappa shape index (κ1) is 18.9. The van der Waals surface area contributed by atoms with Crippen molar-refractivity contribution in [3.63, 3.8) is 0 Å². The van der Waals surface area contributed by atoms with Crippen molar-refractivity contribution in [2.24, 2.45) is 0 Å². The van der Waals surface area contributed by atoms with E-state index in [-0.39, 0.29) is 5.95 Å². The van der Waals surface area contributed by atoms with E-state index in [9.17, 15) is 0 Å². The minimum Gasteiger partial charge on any atom is -0.378 e. The Morgan fingerprint density at radius 1 is 1.10 bits per heavy atom. The number of hydrogen-bond acceptors (Lipinski definition) is 9. The Balaban J connectivity index is 1.47. The van der Waals surface area contributed by atoms with Crippen LogP contribution in [0.1, 0.15) is 17.8 Å². The molecule has 2 fully saturated rings. The molecule has 0 saturated carbocycles. The average Bonchev–Trinajstić information content (AvgIpc) is 3.47. The van der Waals surface area contributed by atoms with Gasteiger partial charge in [-0.2, -0.15) is 0 Å². The van der Waals surface area contributed by atoms with Crippen LogP contribution in [0.4, 0.5) is 11.8 Å². The van der Waals surface area contributed by atoms with Crippen molar-refractivity contribution in [1.29, 1.82) is 0 Å². The minimum absolute atomic E-state index is 0.263. The van der Waals surface area contributed by atoms with Gasteiger partial charge in [-0.05, 0) is 13.0 Å². The lowest BCUT2D eigenvalue weighted by Gasteiger charge is -2.31. The standard InChI is InChI=1S/C21H27N9O/c22-21-24-9-14(10-25-21)17-12-30-18-13-29(15-1-3-23-11-15)4-2-16(18)26-20(30)19(27-17)28-5-7-31-8-6-28/h9-10,12,15,23H,1-8,11,13H2,(H2,22,24,25). The second-order valence-electron chi connectivity index (χ2n) is 8.45. The maximum absolute atomic E-state index is 5.70. The van der Waals surface area contributed by atoms with Crippen LogP contribution < -0.4 is 16.0 Å². The molecule has 0 bridgehead atoms. The highest BCUT2D eigenvalue weighted by Gasteiger charge is 2.30. The third kappa shape index (κ3) is 3.40. The van der Waals surface area contributed by atoms with Crippen molar-refractivity contribution in [3.8, 4) is 11.3 Å². The van der Waals surface area contributed by atoms with Gasteiger partial charge in [0, 0.05) is 69.3 Å². The number of ether oxygens (including phenoxy) is 1. The van der Waals surface area contributed by atoms with Gasteiger partial charge in [-0.3, -0.25) is 9.30 Å². The molecule has 3 aliphatic rings. The highest BCUT2D eigenvalue weighted by molar-refractivity contribution is 5.71. The van der Waals surface area contributed by atoms with Crippen LogP contribution in [0.25, 0.3) is 16.9 Å². The maximum Gasteiger partial charge on any atom is 0.219 e. The molecule has 2 saturated heterocycles. The van der Waals surface area contributed by atoms with Crippen LogP contribution in [0.3, 0.4) is 0 Å². The first-order chi connectivity index (χ1) is 15.3. The van der Waals surface area contributed by atoms with Gasteiger partial charge in [-0.15, -0.1) is 0 Å². The van der Waals surface area contributed by atoms with Crippen LogP contribution in [-0.4, -0.2) is 81.2 Å². The number of nitrogens with zero attached hydrogens (tertiary/aromatic N) is 7. The molecule has 3 aromatic heterocycles. The molecule has 1 unspecified atom stereocenters. The second kappa shape index (κ2) is 7.70. The summed E-state index contributed by atoms with van der Waals surface area (Å²) in [7, 11) is 0. The van der Waals surface area contributed by atoms with Gasteiger partial charge in [0.05, 0.1) is 30.3 Å². The fourth-order valence-electron chi connectivity index (χ4n) is 4.87. The third-order valence-electron chi connectivity index (χ3n) is 6.59. The lowest BCUT2D eigenvalue weighted by atomic mass is 10.1. The molecule has 31 heavy (non-hydrogen) atoms. The number of aromatic nitrogens is 5. The molecule has 6 heterocycles. The Bertz CT molecular complexity index is 1080. The van der Waals surface area contributed by atoms with Crippen LogP contribution in [-0.2, 0) is 17.7 Å². The van der Waals surface area contributed by atoms with E-state index in [2.05, 4.69) is 35.7 Å². The van der Waals surface area contributed by atoms with E-state index >= 15 is 0 Å². The largest absolute Gasteiger partial charge is 0.378 e. The first-order valence-electron chi connectivity index (χ1n) is 11.0. The molecule has 0 aliphatic carbocycles. The molecule has 3 aromatic rings. The van der Waals surface area contributed by atoms with Crippen LogP contribution in [0.2, 0.25) is 0 Å². The zero-order chi connectivity index (χ0) is 20.8. The molecule has 3 N–H and O–H groups in total. The fourth-order valence-corrected chi connectivity index (χ4v) is 4.87. The van der Waals surface area contributed by atoms with Gasteiger partial charge < -0.3 is 20.7 Å². The monoisotopic (exact) mass is 421 g/mol. The highest BCUT2D eigenvalue weighted by atomic mass is 16.5. The third-order valence-corrected chi connectivity index (χ3v) is 6.59. The zero-order valence-electron chi connectivity index (χ0n) is 17.5. The molecular formula is C21H27N9O. The summed E-state index contributed by atoms with van der Waals surface area (Å²) in [5.74, 6) is 1.17. The second-order valence-corrected chi connectivity index (χ2v) is 8.45. The van der Waals surface area contributed by atoms with E-state index in [1.54, 1.807) is 12.4 Å². The number of anilines is 2. The summed E-state index contributed by atoms with van der Waals surface area (Å²) in [4.78, 5) is 23.3. The number of rotatable bonds is 3. The highest BCUT2D eigenvalue weighted by Crippen LogP contribution is 2.30. The predicted molar refractivity (Wildman–Crippen MR) is 117 cm³/mol. The molecule has 1 atom stereocenters. The van der Waals surface area contributed by atoms with Gasteiger partial charge in [0.25, 0.3) is 0 Å². The van der Waals surface area contributed by atoms with Crippen molar-refractivity contribution in [2.45, 2.75) is 25.4 Å². The van der Waals surface area contributed by atoms with Crippen LogP contribution in [0.5, 0.6) is 0 Å². The quantitative estimate of drug-likeness (QED) is 0.618. The first-order valence-corrected chi connectivity index (χ1v) is 11.0. The summed E-state index contributed by atoms with van der Waals surface area (Å²) < 4.78 is 7.81. The van der Waals surface area contributed by atoms with Gasteiger partial charge in [0.1, 0.15) is 0 Å². The molecule has 0 amide bonds. The zero-order valence-corrected chi connectivity index (χ0v) is 17.5. The summed E-state index contributed by atoms with van der Waals surface area (Å²) in [6, 6.07) is 0.601. The van der Waals surface area contributed by atoms with Gasteiger partial charge in [0.2, 0.25) is 5.95 Å². The summed E-state index contributed by atoms with van der Waals surface area (Å²) in [6.07, 6.45) is 7.73. The Morgan fingerprint density at radius 3 is 2.71 bits per heavy atom. The van der Waals surface area contributed by atoms with Gasteiger partial charge in [-0.1, -0.05) is 0 Å². The Kier molecular flexibility index (Phi) is 4.70.